The summed E-state index contributed by atoms with van der Waals surface area (Å²) in [5.41, 5.74) is 9.83. The topological polar surface area (TPSA) is 111 Å². The molecule has 0 bridgehead atoms. The van der Waals surface area contributed by atoms with Crippen LogP contribution in [0.25, 0.3) is 0 Å². The van der Waals surface area contributed by atoms with E-state index in [0.717, 1.165) is 6.07 Å². The number of pyridine rings is 1. The van der Waals surface area contributed by atoms with E-state index >= 15 is 0 Å². The number of halogens is 1. The standard InChI is InChI=1S/C12H17FN4O2S/c1-11(2)10(15)17-12(3,6-20(11,18)19)9-7(13)4-5-8(14)16-9/h4-5H,6H2,1-3H3,(H2,14,16)(H2,15,17). The minimum atomic E-state index is -3.60. The van der Waals surface area contributed by atoms with Crippen LogP contribution in [0.15, 0.2) is 17.1 Å². The summed E-state index contributed by atoms with van der Waals surface area (Å²) in [4.78, 5) is 8.08. The Morgan fingerprint density at radius 3 is 2.40 bits per heavy atom. The second-order valence-electron chi connectivity index (χ2n) is 5.61. The molecule has 0 aliphatic carbocycles. The van der Waals surface area contributed by atoms with Gasteiger partial charge in [-0.15, -0.1) is 0 Å². The summed E-state index contributed by atoms with van der Waals surface area (Å²) < 4.78 is 37.4. The molecule has 1 aliphatic heterocycles. The molecule has 1 aromatic rings. The molecular weight excluding hydrogens is 283 g/mol. The molecule has 110 valence electrons. The van der Waals surface area contributed by atoms with Gasteiger partial charge in [0.1, 0.15) is 33.5 Å². The zero-order chi connectivity index (χ0) is 15.3. The molecule has 2 rings (SSSR count). The van der Waals surface area contributed by atoms with E-state index in [2.05, 4.69) is 9.98 Å². The van der Waals surface area contributed by atoms with Gasteiger partial charge in [-0.2, -0.15) is 0 Å². The molecule has 0 spiro atoms. The number of hydrogen-bond donors (Lipinski definition) is 2. The molecule has 1 aromatic heterocycles. The maximum atomic E-state index is 13.9. The average molecular weight is 300 g/mol. The van der Waals surface area contributed by atoms with Crippen LogP contribution in [0, 0.1) is 5.82 Å². The highest BCUT2D eigenvalue weighted by Crippen LogP contribution is 2.36. The first-order chi connectivity index (χ1) is 8.99. The molecule has 8 heteroatoms. The van der Waals surface area contributed by atoms with Gasteiger partial charge in [0.25, 0.3) is 0 Å². The van der Waals surface area contributed by atoms with Crippen LogP contribution >= 0.6 is 0 Å². The van der Waals surface area contributed by atoms with Gasteiger partial charge >= 0.3 is 0 Å². The molecule has 6 nitrogen and oxygen atoms in total. The van der Waals surface area contributed by atoms with E-state index in [4.69, 9.17) is 11.5 Å². The largest absolute Gasteiger partial charge is 0.386 e. The van der Waals surface area contributed by atoms with Crippen molar-refractivity contribution in [2.24, 2.45) is 10.7 Å². The number of hydrogen-bond acceptors (Lipinski definition) is 6. The second kappa shape index (κ2) is 4.15. The second-order valence-corrected chi connectivity index (χ2v) is 8.15. The Labute approximate surface area is 117 Å². The summed E-state index contributed by atoms with van der Waals surface area (Å²) in [5, 5.41) is 0. The van der Waals surface area contributed by atoms with Gasteiger partial charge in [-0.05, 0) is 32.9 Å². The highest BCUT2D eigenvalue weighted by molar-refractivity contribution is 7.93. The Morgan fingerprint density at radius 1 is 1.25 bits per heavy atom. The third kappa shape index (κ3) is 2.04. The number of rotatable bonds is 1. The van der Waals surface area contributed by atoms with Crippen LogP contribution in [0.1, 0.15) is 26.5 Å². The van der Waals surface area contributed by atoms with E-state index in [-0.39, 0.29) is 23.1 Å². The molecule has 0 fully saturated rings. The first-order valence-electron chi connectivity index (χ1n) is 6.00. The smallest absolute Gasteiger partial charge is 0.165 e. The van der Waals surface area contributed by atoms with Crippen LogP contribution < -0.4 is 11.5 Å². The molecule has 0 aromatic carbocycles. The molecule has 1 aliphatic rings. The highest BCUT2D eigenvalue weighted by Gasteiger charge is 2.50. The Morgan fingerprint density at radius 2 is 1.85 bits per heavy atom. The monoisotopic (exact) mass is 300 g/mol. The van der Waals surface area contributed by atoms with Gasteiger partial charge in [-0.25, -0.2) is 17.8 Å². The fourth-order valence-electron chi connectivity index (χ4n) is 2.10. The molecule has 0 saturated heterocycles. The van der Waals surface area contributed by atoms with Crippen molar-refractivity contribution in [3.05, 3.63) is 23.6 Å². The van der Waals surface area contributed by atoms with E-state index in [0.29, 0.717) is 0 Å². The summed E-state index contributed by atoms with van der Waals surface area (Å²) in [6, 6.07) is 2.44. The summed E-state index contributed by atoms with van der Waals surface area (Å²) in [7, 11) is -3.60. The Balaban J connectivity index is 2.69. The Hall–Kier alpha value is -1.70. The predicted molar refractivity (Wildman–Crippen MR) is 75.4 cm³/mol. The Kier molecular flexibility index (Phi) is 3.05. The van der Waals surface area contributed by atoms with Crippen LogP contribution in [0.5, 0.6) is 0 Å². The summed E-state index contributed by atoms with van der Waals surface area (Å²) >= 11 is 0. The Bertz CT molecular complexity index is 699. The maximum absolute atomic E-state index is 13.9. The summed E-state index contributed by atoms with van der Waals surface area (Å²) in [5.74, 6) is -0.997. The summed E-state index contributed by atoms with van der Waals surface area (Å²) in [6.07, 6.45) is 0. The van der Waals surface area contributed by atoms with Gasteiger partial charge in [0.15, 0.2) is 9.84 Å². The van der Waals surface area contributed by atoms with Crippen LogP contribution in [0.3, 0.4) is 0 Å². The molecule has 20 heavy (non-hydrogen) atoms. The average Bonchev–Trinajstić information content (AvgIpc) is 2.29. The SMILES string of the molecule is CC1(c2nc(N)ccc2F)CS(=O)(=O)C(C)(C)C(N)=N1. The number of aromatic nitrogens is 1. The van der Waals surface area contributed by atoms with Crippen molar-refractivity contribution in [2.45, 2.75) is 31.1 Å². The highest BCUT2D eigenvalue weighted by atomic mass is 32.2. The molecule has 0 saturated carbocycles. The molecule has 4 N–H and O–H groups in total. The fraction of sp³-hybridized carbons (Fsp3) is 0.500. The van der Waals surface area contributed by atoms with Gasteiger partial charge in [0, 0.05) is 0 Å². The van der Waals surface area contributed by atoms with Crippen molar-refractivity contribution in [3.63, 3.8) is 0 Å². The van der Waals surface area contributed by atoms with Crippen molar-refractivity contribution in [1.29, 1.82) is 0 Å². The van der Waals surface area contributed by atoms with E-state index in [1.807, 2.05) is 0 Å². The molecular formula is C12H17FN4O2S. The van der Waals surface area contributed by atoms with Gasteiger partial charge in [0.2, 0.25) is 0 Å². The lowest BCUT2D eigenvalue weighted by Gasteiger charge is -2.37. The zero-order valence-electron chi connectivity index (χ0n) is 11.5. The zero-order valence-corrected chi connectivity index (χ0v) is 12.3. The van der Waals surface area contributed by atoms with Gasteiger partial charge in [-0.3, -0.25) is 4.99 Å². The maximum Gasteiger partial charge on any atom is 0.165 e. The van der Waals surface area contributed by atoms with Crippen molar-refractivity contribution >= 4 is 21.5 Å². The van der Waals surface area contributed by atoms with Crippen LogP contribution in [-0.2, 0) is 15.4 Å². The van der Waals surface area contributed by atoms with Crippen molar-refractivity contribution in [2.75, 3.05) is 11.5 Å². The lowest BCUT2D eigenvalue weighted by atomic mass is 9.98. The number of amidine groups is 1. The van der Waals surface area contributed by atoms with Crippen molar-refractivity contribution in [3.8, 4) is 0 Å². The molecule has 1 unspecified atom stereocenters. The minimum Gasteiger partial charge on any atom is -0.386 e. The third-order valence-electron chi connectivity index (χ3n) is 3.61. The lowest BCUT2D eigenvalue weighted by Crippen LogP contribution is -2.55. The molecule has 1 atom stereocenters. The predicted octanol–water partition coefficient (Wildman–Crippen LogP) is 0.582. The van der Waals surface area contributed by atoms with Crippen molar-refractivity contribution in [1.82, 2.24) is 4.98 Å². The lowest BCUT2D eigenvalue weighted by molar-refractivity contribution is 0.462. The number of nitrogen functional groups attached to an aromatic ring is 1. The van der Waals surface area contributed by atoms with Crippen molar-refractivity contribution < 1.29 is 12.8 Å². The number of sulfone groups is 1. The quantitative estimate of drug-likeness (QED) is 0.788. The third-order valence-corrected chi connectivity index (χ3v) is 6.32. The number of aliphatic imine (C=N–C) groups is 1. The van der Waals surface area contributed by atoms with E-state index in [1.165, 1.54) is 26.8 Å². The van der Waals surface area contributed by atoms with Gasteiger partial charge in [-0.1, -0.05) is 0 Å². The van der Waals surface area contributed by atoms with E-state index in [1.54, 1.807) is 0 Å². The number of nitrogens with zero attached hydrogens (tertiary/aromatic N) is 2. The van der Waals surface area contributed by atoms with Gasteiger partial charge in [0.05, 0.1) is 5.75 Å². The molecule has 0 amide bonds. The normalized spacial score (nSPS) is 27.9. The number of anilines is 1. The number of nitrogens with two attached hydrogens (primary N) is 2. The minimum absolute atomic E-state index is 0.0603. The molecule has 0 radical (unpaired) electrons. The van der Waals surface area contributed by atoms with Crippen LogP contribution in [0.2, 0.25) is 0 Å². The van der Waals surface area contributed by atoms with Crippen LogP contribution in [0.4, 0.5) is 10.2 Å². The van der Waals surface area contributed by atoms with Gasteiger partial charge < -0.3 is 11.5 Å². The first-order valence-corrected chi connectivity index (χ1v) is 7.65. The summed E-state index contributed by atoms with van der Waals surface area (Å²) in [6.45, 7) is 4.44. The van der Waals surface area contributed by atoms with E-state index in [9.17, 15) is 12.8 Å². The molecule has 2 heterocycles. The van der Waals surface area contributed by atoms with E-state index < -0.39 is 25.9 Å². The first kappa shape index (κ1) is 14.7. The fourth-order valence-corrected chi connectivity index (χ4v) is 3.77. The van der Waals surface area contributed by atoms with Crippen LogP contribution in [-0.4, -0.2) is 29.7 Å².